The number of phenols is 1. The Bertz CT molecular complexity index is 316. The standard InChI is InChI=1S/C10H11ClO/c1-10(4-5-10)7-2-3-9(12)8(11)6-7/h2-3,6,12H,4-5H2,1H3. The van der Waals surface area contributed by atoms with E-state index < -0.39 is 0 Å². The molecular weight excluding hydrogens is 172 g/mol. The van der Waals surface area contributed by atoms with E-state index in [9.17, 15) is 5.11 Å². The molecule has 0 saturated heterocycles. The highest BCUT2D eigenvalue weighted by atomic mass is 35.5. The fourth-order valence-electron chi connectivity index (χ4n) is 1.36. The third-order valence-corrected chi connectivity index (χ3v) is 2.95. The summed E-state index contributed by atoms with van der Waals surface area (Å²) in [6, 6.07) is 5.49. The van der Waals surface area contributed by atoms with Crippen molar-refractivity contribution >= 4 is 11.6 Å². The fraction of sp³-hybridized carbons (Fsp3) is 0.400. The van der Waals surface area contributed by atoms with Crippen LogP contribution in [0.1, 0.15) is 25.3 Å². The van der Waals surface area contributed by atoms with E-state index in [1.807, 2.05) is 12.1 Å². The number of benzene rings is 1. The first-order valence-electron chi connectivity index (χ1n) is 4.11. The zero-order chi connectivity index (χ0) is 8.77. The lowest BCUT2D eigenvalue weighted by atomic mass is 9.98. The van der Waals surface area contributed by atoms with Crippen LogP contribution in [0.4, 0.5) is 0 Å². The normalized spacial score (nSPS) is 19.2. The van der Waals surface area contributed by atoms with Gasteiger partial charge in [-0.15, -0.1) is 0 Å². The third-order valence-electron chi connectivity index (χ3n) is 2.64. The summed E-state index contributed by atoms with van der Waals surface area (Å²) in [7, 11) is 0. The Morgan fingerprint density at radius 3 is 2.58 bits per heavy atom. The molecule has 1 aromatic carbocycles. The Labute approximate surface area is 77.0 Å². The minimum atomic E-state index is 0.171. The van der Waals surface area contributed by atoms with Crippen LogP contribution in [-0.2, 0) is 5.41 Å². The number of hydrogen-bond donors (Lipinski definition) is 1. The Balaban J connectivity index is 2.41. The van der Waals surface area contributed by atoms with Gasteiger partial charge in [0, 0.05) is 0 Å². The molecule has 1 N–H and O–H groups in total. The summed E-state index contributed by atoms with van der Waals surface area (Å²) in [5.41, 5.74) is 1.57. The molecule has 0 radical (unpaired) electrons. The summed E-state index contributed by atoms with van der Waals surface area (Å²) in [4.78, 5) is 0. The molecule has 1 saturated carbocycles. The van der Waals surface area contributed by atoms with E-state index in [2.05, 4.69) is 6.92 Å². The lowest BCUT2D eigenvalue weighted by Gasteiger charge is -2.08. The molecule has 1 aromatic rings. The second kappa shape index (κ2) is 2.40. The van der Waals surface area contributed by atoms with E-state index in [1.54, 1.807) is 6.07 Å². The molecule has 1 aliphatic carbocycles. The molecule has 64 valence electrons. The molecule has 0 amide bonds. The zero-order valence-corrected chi connectivity index (χ0v) is 7.73. The van der Waals surface area contributed by atoms with Crippen LogP contribution in [0.25, 0.3) is 0 Å². The summed E-state index contributed by atoms with van der Waals surface area (Å²) in [6.45, 7) is 2.22. The third kappa shape index (κ3) is 1.18. The highest BCUT2D eigenvalue weighted by Crippen LogP contribution is 2.48. The van der Waals surface area contributed by atoms with Crippen molar-refractivity contribution in [3.8, 4) is 5.75 Å². The topological polar surface area (TPSA) is 20.2 Å². The lowest BCUT2D eigenvalue weighted by molar-refractivity contribution is 0.475. The number of hydrogen-bond acceptors (Lipinski definition) is 1. The maximum Gasteiger partial charge on any atom is 0.134 e. The van der Waals surface area contributed by atoms with E-state index in [1.165, 1.54) is 18.4 Å². The summed E-state index contributed by atoms with van der Waals surface area (Å²) >= 11 is 5.80. The van der Waals surface area contributed by atoms with E-state index >= 15 is 0 Å². The zero-order valence-electron chi connectivity index (χ0n) is 6.97. The predicted molar refractivity (Wildman–Crippen MR) is 49.7 cm³/mol. The summed E-state index contributed by atoms with van der Waals surface area (Å²) in [5.74, 6) is 0.171. The van der Waals surface area contributed by atoms with Gasteiger partial charge in [-0.25, -0.2) is 0 Å². The first-order chi connectivity index (χ1) is 5.62. The predicted octanol–water partition coefficient (Wildman–Crippen LogP) is 3.10. The van der Waals surface area contributed by atoms with Crippen molar-refractivity contribution in [2.24, 2.45) is 0 Å². The van der Waals surface area contributed by atoms with Gasteiger partial charge in [-0.3, -0.25) is 0 Å². The van der Waals surface area contributed by atoms with Gasteiger partial charge in [0.2, 0.25) is 0 Å². The average Bonchev–Trinajstić information content (AvgIpc) is 2.75. The molecule has 0 aromatic heterocycles. The Kier molecular flexibility index (Phi) is 1.58. The highest BCUT2D eigenvalue weighted by Gasteiger charge is 2.39. The molecule has 0 heterocycles. The van der Waals surface area contributed by atoms with Gasteiger partial charge in [-0.05, 0) is 36.0 Å². The van der Waals surface area contributed by atoms with Crippen molar-refractivity contribution in [2.45, 2.75) is 25.2 Å². The van der Waals surface area contributed by atoms with Crippen LogP contribution in [0.3, 0.4) is 0 Å². The van der Waals surface area contributed by atoms with Gasteiger partial charge < -0.3 is 5.11 Å². The van der Waals surface area contributed by atoms with Crippen molar-refractivity contribution in [1.29, 1.82) is 0 Å². The van der Waals surface area contributed by atoms with Crippen molar-refractivity contribution < 1.29 is 5.11 Å². The summed E-state index contributed by atoms with van der Waals surface area (Å²) in [6.07, 6.45) is 2.46. The van der Waals surface area contributed by atoms with E-state index in [4.69, 9.17) is 11.6 Å². The quantitative estimate of drug-likeness (QED) is 0.708. The maximum absolute atomic E-state index is 9.20. The summed E-state index contributed by atoms with van der Waals surface area (Å²) < 4.78 is 0. The Hall–Kier alpha value is -0.690. The molecule has 1 nitrogen and oxygen atoms in total. The van der Waals surface area contributed by atoms with Crippen molar-refractivity contribution in [3.05, 3.63) is 28.8 Å². The molecule has 2 heteroatoms. The van der Waals surface area contributed by atoms with Crippen LogP contribution < -0.4 is 0 Å². The number of halogens is 1. The molecule has 0 unspecified atom stereocenters. The van der Waals surface area contributed by atoms with Gasteiger partial charge in [0.05, 0.1) is 5.02 Å². The molecule has 2 rings (SSSR count). The minimum Gasteiger partial charge on any atom is -0.506 e. The van der Waals surface area contributed by atoms with Gasteiger partial charge in [0.1, 0.15) is 5.75 Å². The van der Waals surface area contributed by atoms with Crippen LogP contribution in [0, 0.1) is 0 Å². The summed E-state index contributed by atoms with van der Waals surface area (Å²) in [5, 5.41) is 9.66. The molecule has 12 heavy (non-hydrogen) atoms. The van der Waals surface area contributed by atoms with Crippen LogP contribution >= 0.6 is 11.6 Å². The lowest BCUT2D eigenvalue weighted by Crippen LogP contribution is -1.98. The van der Waals surface area contributed by atoms with Crippen molar-refractivity contribution in [2.75, 3.05) is 0 Å². The molecule has 0 atom stereocenters. The van der Waals surface area contributed by atoms with Gasteiger partial charge in [-0.1, -0.05) is 24.6 Å². The van der Waals surface area contributed by atoms with Gasteiger partial charge >= 0.3 is 0 Å². The molecule has 0 bridgehead atoms. The second-order valence-electron chi connectivity index (χ2n) is 3.73. The van der Waals surface area contributed by atoms with Gasteiger partial charge in [-0.2, -0.15) is 0 Å². The van der Waals surface area contributed by atoms with E-state index in [-0.39, 0.29) is 5.75 Å². The van der Waals surface area contributed by atoms with E-state index in [0.717, 1.165) is 0 Å². The van der Waals surface area contributed by atoms with Crippen LogP contribution in [-0.4, -0.2) is 5.11 Å². The number of phenolic OH excluding ortho intramolecular Hbond substituents is 1. The molecular formula is C10H11ClO. The van der Waals surface area contributed by atoms with Crippen LogP contribution in [0.5, 0.6) is 5.75 Å². The maximum atomic E-state index is 9.20. The first-order valence-corrected chi connectivity index (χ1v) is 4.49. The smallest absolute Gasteiger partial charge is 0.134 e. The second-order valence-corrected chi connectivity index (χ2v) is 4.13. The molecule has 0 aliphatic heterocycles. The Morgan fingerprint density at radius 1 is 1.42 bits per heavy atom. The van der Waals surface area contributed by atoms with Crippen molar-refractivity contribution in [3.63, 3.8) is 0 Å². The molecule has 1 fully saturated rings. The van der Waals surface area contributed by atoms with Gasteiger partial charge in [0.15, 0.2) is 0 Å². The van der Waals surface area contributed by atoms with Crippen LogP contribution in [0.15, 0.2) is 18.2 Å². The molecule has 0 spiro atoms. The largest absolute Gasteiger partial charge is 0.506 e. The molecule has 1 aliphatic rings. The van der Waals surface area contributed by atoms with Gasteiger partial charge in [0.25, 0.3) is 0 Å². The van der Waals surface area contributed by atoms with E-state index in [0.29, 0.717) is 10.4 Å². The highest BCUT2D eigenvalue weighted by molar-refractivity contribution is 6.32. The van der Waals surface area contributed by atoms with Crippen molar-refractivity contribution in [1.82, 2.24) is 0 Å². The first kappa shape index (κ1) is 7.93. The monoisotopic (exact) mass is 182 g/mol. The average molecular weight is 183 g/mol. The van der Waals surface area contributed by atoms with Crippen LogP contribution in [0.2, 0.25) is 5.02 Å². The number of aromatic hydroxyl groups is 1. The fourth-order valence-corrected chi connectivity index (χ4v) is 1.54. The Morgan fingerprint density at radius 2 is 2.08 bits per heavy atom. The minimum absolute atomic E-state index is 0.171. The number of rotatable bonds is 1. The SMILES string of the molecule is CC1(c2ccc(O)c(Cl)c2)CC1.